The second-order valence-electron chi connectivity index (χ2n) is 7.61. The smallest absolute Gasteiger partial charge is 0.410 e. The minimum atomic E-state index is -0.492. The summed E-state index contributed by atoms with van der Waals surface area (Å²) < 4.78 is 7.45. The van der Waals surface area contributed by atoms with Gasteiger partial charge in [0.15, 0.2) is 5.65 Å². The topological polar surface area (TPSA) is 73.1 Å². The number of halogens is 1. The Morgan fingerprint density at radius 1 is 1.29 bits per heavy atom. The minimum absolute atomic E-state index is 0.0849. The summed E-state index contributed by atoms with van der Waals surface area (Å²) in [5, 5.41) is 5.54. The third-order valence-electron chi connectivity index (χ3n) is 4.70. The van der Waals surface area contributed by atoms with Gasteiger partial charge in [-0.2, -0.15) is 10.1 Å². The standard InChI is InChI=1S/C16H20ClN5O2/c1-16(2,3)24-15(23)21-8-9-4-11(21)12(5-9)22-13-10(7-19-22)6-18-14(17)20-13/h6-7,9,11-12H,4-5,8H2,1-3H3/t9-,11+,12-/m0/s1. The Balaban J connectivity index is 1.63. The van der Waals surface area contributed by atoms with Crippen molar-refractivity contribution in [3.63, 3.8) is 0 Å². The summed E-state index contributed by atoms with van der Waals surface area (Å²) in [5.74, 6) is 0.476. The van der Waals surface area contributed by atoms with Gasteiger partial charge in [-0.1, -0.05) is 0 Å². The molecule has 2 aromatic rings. The van der Waals surface area contributed by atoms with Crippen molar-refractivity contribution in [2.75, 3.05) is 6.54 Å². The number of carbonyl (C=O) groups excluding carboxylic acids is 1. The average molecular weight is 350 g/mol. The lowest BCUT2D eigenvalue weighted by Crippen LogP contribution is -2.45. The van der Waals surface area contributed by atoms with Crippen LogP contribution < -0.4 is 0 Å². The summed E-state index contributed by atoms with van der Waals surface area (Å²) in [6, 6.07) is 0.182. The highest BCUT2D eigenvalue weighted by Crippen LogP contribution is 2.45. The molecule has 2 aliphatic rings. The van der Waals surface area contributed by atoms with Crippen molar-refractivity contribution in [3.8, 4) is 0 Å². The van der Waals surface area contributed by atoms with Gasteiger partial charge in [-0.25, -0.2) is 14.5 Å². The van der Waals surface area contributed by atoms with E-state index in [0.717, 1.165) is 30.4 Å². The van der Waals surface area contributed by atoms with Crippen LogP contribution >= 0.6 is 11.6 Å². The minimum Gasteiger partial charge on any atom is -0.444 e. The summed E-state index contributed by atoms with van der Waals surface area (Å²) in [6.07, 6.45) is 5.14. The van der Waals surface area contributed by atoms with Gasteiger partial charge in [0.25, 0.3) is 0 Å². The van der Waals surface area contributed by atoms with Crippen molar-refractivity contribution in [1.29, 1.82) is 0 Å². The van der Waals surface area contributed by atoms with E-state index in [1.54, 1.807) is 12.4 Å². The number of amides is 1. The van der Waals surface area contributed by atoms with Gasteiger partial charge in [0.2, 0.25) is 5.28 Å². The first-order valence-corrected chi connectivity index (χ1v) is 8.55. The summed E-state index contributed by atoms with van der Waals surface area (Å²) in [5.41, 5.74) is 0.227. The molecule has 0 N–H and O–H groups in total. The van der Waals surface area contributed by atoms with E-state index in [4.69, 9.17) is 16.3 Å². The molecule has 3 heterocycles. The molecule has 8 heteroatoms. The Bertz CT molecular complexity index is 799. The molecule has 2 bridgehead atoms. The van der Waals surface area contributed by atoms with Crippen LogP contribution in [0.3, 0.4) is 0 Å². The molecule has 7 nitrogen and oxygen atoms in total. The zero-order chi connectivity index (χ0) is 17.1. The van der Waals surface area contributed by atoms with Crippen LogP contribution in [0.15, 0.2) is 12.4 Å². The van der Waals surface area contributed by atoms with Crippen LogP contribution in [0.5, 0.6) is 0 Å². The monoisotopic (exact) mass is 349 g/mol. The lowest BCUT2D eigenvalue weighted by atomic mass is 10.1. The van der Waals surface area contributed by atoms with Gasteiger partial charge in [0.05, 0.1) is 23.7 Å². The highest BCUT2D eigenvalue weighted by atomic mass is 35.5. The van der Waals surface area contributed by atoms with E-state index < -0.39 is 5.60 Å². The number of rotatable bonds is 1. The molecule has 0 spiro atoms. The zero-order valence-electron chi connectivity index (χ0n) is 13.9. The maximum Gasteiger partial charge on any atom is 0.410 e. The van der Waals surface area contributed by atoms with E-state index >= 15 is 0 Å². The van der Waals surface area contributed by atoms with Crippen LogP contribution in [0.25, 0.3) is 11.0 Å². The maximum atomic E-state index is 12.5. The molecule has 24 heavy (non-hydrogen) atoms. The van der Waals surface area contributed by atoms with E-state index in [-0.39, 0.29) is 23.5 Å². The lowest BCUT2D eigenvalue weighted by Gasteiger charge is -2.34. The van der Waals surface area contributed by atoms with Crippen LogP contribution in [0.1, 0.15) is 39.7 Å². The second kappa shape index (κ2) is 5.31. The summed E-state index contributed by atoms with van der Waals surface area (Å²) >= 11 is 5.94. The molecule has 128 valence electrons. The molecular weight excluding hydrogens is 330 g/mol. The number of hydrogen-bond acceptors (Lipinski definition) is 5. The van der Waals surface area contributed by atoms with E-state index in [1.807, 2.05) is 30.4 Å². The van der Waals surface area contributed by atoms with Gasteiger partial charge < -0.3 is 9.64 Å². The van der Waals surface area contributed by atoms with E-state index in [1.165, 1.54) is 0 Å². The highest BCUT2D eigenvalue weighted by molar-refractivity contribution is 6.28. The van der Waals surface area contributed by atoms with Crippen molar-refractivity contribution in [3.05, 3.63) is 17.7 Å². The Hall–Kier alpha value is -1.89. The molecule has 1 aliphatic heterocycles. The first-order valence-electron chi connectivity index (χ1n) is 8.17. The van der Waals surface area contributed by atoms with Crippen LogP contribution in [0.4, 0.5) is 4.79 Å². The van der Waals surface area contributed by atoms with E-state index in [2.05, 4.69) is 15.1 Å². The number of ether oxygens (including phenoxy) is 1. The SMILES string of the molecule is CC(C)(C)OC(=O)N1C[C@H]2C[C@@H]1[C@@H](n1ncc3cnc(Cl)nc31)C2. The zero-order valence-corrected chi connectivity index (χ0v) is 14.7. The molecule has 1 saturated carbocycles. The van der Waals surface area contributed by atoms with Crippen molar-refractivity contribution in [1.82, 2.24) is 24.6 Å². The van der Waals surface area contributed by atoms with Crippen LogP contribution in [-0.4, -0.2) is 48.9 Å². The van der Waals surface area contributed by atoms with Gasteiger partial charge >= 0.3 is 6.09 Å². The van der Waals surface area contributed by atoms with Crippen molar-refractivity contribution < 1.29 is 9.53 Å². The Morgan fingerprint density at radius 3 is 2.75 bits per heavy atom. The third kappa shape index (κ3) is 2.60. The molecule has 1 aliphatic carbocycles. The molecule has 4 rings (SSSR count). The molecule has 0 unspecified atom stereocenters. The summed E-state index contributed by atoms with van der Waals surface area (Å²) in [4.78, 5) is 22.7. The van der Waals surface area contributed by atoms with Gasteiger partial charge in [-0.3, -0.25) is 0 Å². The van der Waals surface area contributed by atoms with E-state index in [0.29, 0.717) is 5.92 Å². The average Bonchev–Trinajstić information content (AvgIpc) is 3.17. The van der Waals surface area contributed by atoms with Crippen molar-refractivity contribution in [2.24, 2.45) is 5.92 Å². The summed E-state index contributed by atoms with van der Waals surface area (Å²) in [6.45, 7) is 6.41. The largest absolute Gasteiger partial charge is 0.444 e. The fourth-order valence-corrected chi connectivity index (χ4v) is 3.97. The van der Waals surface area contributed by atoms with Crippen molar-refractivity contribution >= 4 is 28.7 Å². The van der Waals surface area contributed by atoms with Gasteiger partial charge in [0, 0.05) is 12.7 Å². The molecular formula is C16H20ClN5O2. The van der Waals surface area contributed by atoms with Crippen LogP contribution in [0, 0.1) is 5.92 Å². The fourth-order valence-electron chi connectivity index (χ4n) is 3.84. The number of nitrogens with zero attached hydrogens (tertiary/aromatic N) is 5. The molecule has 1 amide bonds. The Morgan fingerprint density at radius 2 is 2.04 bits per heavy atom. The second-order valence-corrected chi connectivity index (χ2v) is 7.95. The molecule has 2 fully saturated rings. The molecule has 1 saturated heterocycles. The fraction of sp³-hybridized carbons (Fsp3) is 0.625. The number of likely N-dealkylation sites (tertiary alicyclic amines) is 1. The first-order chi connectivity index (χ1) is 11.3. The molecule has 0 radical (unpaired) electrons. The normalized spacial score (nSPS) is 26.3. The third-order valence-corrected chi connectivity index (χ3v) is 4.88. The van der Waals surface area contributed by atoms with Crippen LogP contribution in [0.2, 0.25) is 5.28 Å². The summed E-state index contributed by atoms with van der Waals surface area (Å²) in [7, 11) is 0. The number of fused-ring (bicyclic) bond motifs is 3. The van der Waals surface area contributed by atoms with Gasteiger partial charge in [-0.05, 0) is 51.1 Å². The van der Waals surface area contributed by atoms with Crippen molar-refractivity contribution in [2.45, 2.75) is 51.3 Å². The predicted octanol–water partition coefficient (Wildman–Crippen LogP) is 3.05. The molecule has 3 atom stereocenters. The first kappa shape index (κ1) is 15.6. The molecule has 0 aromatic carbocycles. The predicted molar refractivity (Wildman–Crippen MR) is 88.8 cm³/mol. The maximum absolute atomic E-state index is 12.5. The van der Waals surface area contributed by atoms with Gasteiger partial charge in [-0.15, -0.1) is 0 Å². The Kier molecular flexibility index (Phi) is 3.46. The van der Waals surface area contributed by atoms with Gasteiger partial charge in [0.1, 0.15) is 5.60 Å². The van der Waals surface area contributed by atoms with Crippen LogP contribution in [-0.2, 0) is 4.74 Å². The highest BCUT2D eigenvalue weighted by Gasteiger charge is 2.49. The Labute approximate surface area is 145 Å². The lowest BCUT2D eigenvalue weighted by molar-refractivity contribution is 0.0135. The number of piperidine rings is 1. The quantitative estimate of drug-likeness (QED) is 0.740. The number of hydrogen-bond donors (Lipinski definition) is 0. The number of aromatic nitrogens is 4. The molecule has 2 aromatic heterocycles. The van der Waals surface area contributed by atoms with E-state index in [9.17, 15) is 4.79 Å². The number of carbonyl (C=O) groups is 1.